The zero-order valence-corrected chi connectivity index (χ0v) is 10.1. The molecule has 3 rings (SSSR count). The standard InChI is InChI=1S/C13H16N4/c1-14-8-7-10-9-17-12-6-4-3-5-11(12)15-13(17)16(10)2/h3-6,9,14H,7-8H2,1-2H3. The van der Waals surface area contributed by atoms with Gasteiger partial charge in [-0.1, -0.05) is 12.1 Å². The second-order valence-corrected chi connectivity index (χ2v) is 4.30. The summed E-state index contributed by atoms with van der Waals surface area (Å²) in [7, 11) is 4.05. The van der Waals surface area contributed by atoms with Crippen LogP contribution in [0.5, 0.6) is 0 Å². The highest BCUT2D eigenvalue weighted by Crippen LogP contribution is 2.18. The number of rotatable bonds is 3. The number of nitrogens with one attached hydrogen (secondary N) is 1. The number of para-hydroxylation sites is 2. The van der Waals surface area contributed by atoms with E-state index in [4.69, 9.17) is 0 Å². The predicted molar refractivity (Wildman–Crippen MR) is 69.3 cm³/mol. The quantitative estimate of drug-likeness (QED) is 0.738. The molecule has 0 atom stereocenters. The maximum Gasteiger partial charge on any atom is 0.214 e. The van der Waals surface area contributed by atoms with Crippen LogP contribution in [0.3, 0.4) is 0 Å². The first-order valence-corrected chi connectivity index (χ1v) is 5.87. The summed E-state index contributed by atoms with van der Waals surface area (Å²) < 4.78 is 4.33. The van der Waals surface area contributed by atoms with Crippen molar-refractivity contribution in [2.24, 2.45) is 7.05 Å². The van der Waals surface area contributed by atoms with Crippen molar-refractivity contribution >= 4 is 16.8 Å². The normalized spacial score (nSPS) is 11.6. The smallest absolute Gasteiger partial charge is 0.214 e. The van der Waals surface area contributed by atoms with Crippen LogP contribution in [0.1, 0.15) is 5.69 Å². The highest BCUT2D eigenvalue weighted by atomic mass is 15.2. The molecule has 88 valence electrons. The Morgan fingerprint density at radius 2 is 2.12 bits per heavy atom. The van der Waals surface area contributed by atoms with Crippen LogP contribution in [0.15, 0.2) is 30.5 Å². The number of imidazole rings is 2. The molecular formula is C13H16N4. The van der Waals surface area contributed by atoms with Crippen molar-refractivity contribution in [3.8, 4) is 0 Å². The molecule has 0 unspecified atom stereocenters. The van der Waals surface area contributed by atoms with Gasteiger partial charge in [-0.25, -0.2) is 4.98 Å². The van der Waals surface area contributed by atoms with Gasteiger partial charge < -0.3 is 9.88 Å². The van der Waals surface area contributed by atoms with E-state index < -0.39 is 0 Å². The minimum absolute atomic E-state index is 0.985. The fraction of sp³-hybridized carbons (Fsp3) is 0.308. The molecule has 0 saturated carbocycles. The third-order valence-electron chi connectivity index (χ3n) is 3.22. The van der Waals surface area contributed by atoms with E-state index in [1.807, 2.05) is 13.1 Å². The SMILES string of the molecule is CNCCc1cn2c3ccccc3nc2n1C. The van der Waals surface area contributed by atoms with E-state index in [0.29, 0.717) is 0 Å². The summed E-state index contributed by atoms with van der Waals surface area (Å²) in [6, 6.07) is 8.24. The maximum atomic E-state index is 4.65. The molecule has 2 aromatic heterocycles. The van der Waals surface area contributed by atoms with Crippen molar-refractivity contribution < 1.29 is 0 Å². The Bertz CT molecular complexity index is 662. The molecule has 0 aliphatic heterocycles. The molecule has 4 heteroatoms. The third-order valence-corrected chi connectivity index (χ3v) is 3.22. The summed E-state index contributed by atoms with van der Waals surface area (Å²) in [5, 5.41) is 3.17. The fourth-order valence-electron chi connectivity index (χ4n) is 2.25. The maximum absolute atomic E-state index is 4.65. The van der Waals surface area contributed by atoms with Crippen molar-refractivity contribution in [2.75, 3.05) is 13.6 Å². The van der Waals surface area contributed by atoms with Gasteiger partial charge in [0, 0.05) is 31.9 Å². The summed E-state index contributed by atoms with van der Waals surface area (Å²) in [5.74, 6) is 1.01. The molecule has 17 heavy (non-hydrogen) atoms. The Kier molecular flexibility index (Phi) is 2.37. The van der Waals surface area contributed by atoms with Crippen LogP contribution in [0, 0.1) is 0 Å². The Hall–Kier alpha value is -1.81. The largest absolute Gasteiger partial charge is 0.319 e. The van der Waals surface area contributed by atoms with Gasteiger partial charge in [0.05, 0.1) is 11.0 Å². The molecule has 1 aromatic carbocycles. The average molecular weight is 228 g/mol. The van der Waals surface area contributed by atoms with Gasteiger partial charge in [0.1, 0.15) is 0 Å². The van der Waals surface area contributed by atoms with E-state index in [2.05, 4.69) is 50.7 Å². The number of aryl methyl sites for hydroxylation is 1. The van der Waals surface area contributed by atoms with Gasteiger partial charge in [0.25, 0.3) is 0 Å². The lowest BCUT2D eigenvalue weighted by Crippen LogP contribution is -2.12. The minimum Gasteiger partial charge on any atom is -0.319 e. The molecule has 2 heterocycles. The summed E-state index contributed by atoms with van der Waals surface area (Å²) in [6.45, 7) is 0.985. The van der Waals surface area contributed by atoms with Crippen molar-refractivity contribution in [2.45, 2.75) is 6.42 Å². The fourth-order valence-corrected chi connectivity index (χ4v) is 2.25. The van der Waals surface area contributed by atoms with Crippen LogP contribution in [0.4, 0.5) is 0 Å². The van der Waals surface area contributed by atoms with Crippen LogP contribution >= 0.6 is 0 Å². The monoisotopic (exact) mass is 228 g/mol. The van der Waals surface area contributed by atoms with Gasteiger partial charge in [-0.2, -0.15) is 0 Å². The molecule has 3 aromatic rings. The van der Waals surface area contributed by atoms with E-state index in [-0.39, 0.29) is 0 Å². The van der Waals surface area contributed by atoms with Crippen LogP contribution in [0.2, 0.25) is 0 Å². The lowest BCUT2D eigenvalue weighted by Gasteiger charge is -2.00. The second kappa shape index (κ2) is 3.89. The number of hydrogen-bond acceptors (Lipinski definition) is 2. The van der Waals surface area contributed by atoms with Gasteiger partial charge in [-0.05, 0) is 19.2 Å². The van der Waals surface area contributed by atoms with Crippen LogP contribution in [-0.2, 0) is 13.5 Å². The minimum atomic E-state index is 0.985. The van der Waals surface area contributed by atoms with Gasteiger partial charge in [-0.3, -0.25) is 4.40 Å². The zero-order valence-electron chi connectivity index (χ0n) is 10.1. The second-order valence-electron chi connectivity index (χ2n) is 4.30. The molecule has 0 spiro atoms. The number of benzene rings is 1. The Morgan fingerprint density at radius 3 is 2.94 bits per heavy atom. The van der Waals surface area contributed by atoms with Crippen LogP contribution < -0.4 is 5.32 Å². The van der Waals surface area contributed by atoms with Gasteiger partial charge in [-0.15, -0.1) is 0 Å². The van der Waals surface area contributed by atoms with E-state index in [1.54, 1.807) is 0 Å². The van der Waals surface area contributed by atoms with Crippen molar-refractivity contribution in [1.82, 2.24) is 19.3 Å². The van der Waals surface area contributed by atoms with E-state index >= 15 is 0 Å². The molecular weight excluding hydrogens is 212 g/mol. The molecule has 1 N–H and O–H groups in total. The molecule has 0 aliphatic carbocycles. The van der Waals surface area contributed by atoms with Crippen molar-refractivity contribution in [1.29, 1.82) is 0 Å². The van der Waals surface area contributed by atoms with Crippen molar-refractivity contribution in [3.05, 3.63) is 36.2 Å². The Morgan fingerprint density at radius 1 is 1.29 bits per heavy atom. The average Bonchev–Trinajstić information content (AvgIpc) is 2.85. The highest BCUT2D eigenvalue weighted by Gasteiger charge is 2.10. The van der Waals surface area contributed by atoms with Crippen LogP contribution in [0.25, 0.3) is 16.8 Å². The topological polar surface area (TPSA) is 34.3 Å². The number of likely N-dealkylation sites (N-methyl/N-ethyl adjacent to an activating group) is 1. The molecule has 0 aliphatic rings. The van der Waals surface area contributed by atoms with E-state index in [0.717, 1.165) is 24.3 Å². The van der Waals surface area contributed by atoms with E-state index in [9.17, 15) is 0 Å². The first-order valence-electron chi connectivity index (χ1n) is 5.87. The van der Waals surface area contributed by atoms with Gasteiger partial charge in [0.2, 0.25) is 5.78 Å². The molecule has 0 bridgehead atoms. The number of hydrogen-bond donors (Lipinski definition) is 1. The van der Waals surface area contributed by atoms with Crippen molar-refractivity contribution in [3.63, 3.8) is 0 Å². The summed E-state index contributed by atoms with van der Waals surface area (Å²) >= 11 is 0. The number of aromatic nitrogens is 3. The first kappa shape index (κ1) is 10.4. The molecule has 0 radical (unpaired) electrons. The molecule has 0 saturated heterocycles. The Balaban J connectivity index is 2.20. The van der Waals surface area contributed by atoms with Gasteiger partial charge in [0.15, 0.2) is 0 Å². The Labute approximate surface area is 99.9 Å². The number of fused-ring (bicyclic) bond motifs is 3. The molecule has 4 nitrogen and oxygen atoms in total. The predicted octanol–water partition coefficient (Wildman–Crippen LogP) is 1.59. The van der Waals surface area contributed by atoms with Crippen LogP contribution in [-0.4, -0.2) is 27.5 Å². The lowest BCUT2D eigenvalue weighted by molar-refractivity contribution is 0.744. The van der Waals surface area contributed by atoms with E-state index in [1.165, 1.54) is 11.2 Å². The lowest BCUT2D eigenvalue weighted by atomic mass is 10.3. The number of nitrogens with zero attached hydrogens (tertiary/aromatic N) is 3. The zero-order chi connectivity index (χ0) is 11.8. The summed E-state index contributed by atoms with van der Waals surface area (Å²) in [5.41, 5.74) is 3.53. The molecule has 0 fully saturated rings. The van der Waals surface area contributed by atoms with Gasteiger partial charge >= 0.3 is 0 Å². The summed E-state index contributed by atoms with van der Waals surface area (Å²) in [6.07, 6.45) is 3.20. The summed E-state index contributed by atoms with van der Waals surface area (Å²) in [4.78, 5) is 4.65. The highest BCUT2D eigenvalue weighted by molar-refractivity contribution is 5.79. The first-order chi connectivity index (χ1) is 8.31. The molecule has 0 amide bonds. The third kappa shape index (κ3) is 1.52.